The van der Waals surface area contributed by atoms with Gasteiger partial charge in [-0.2, -0.15) is 0 Å². The zero-order valence-corrected chi connectivity index (χ0v) is 10.7. The lowest BCUT2D eigenvalue weighted by molar-refractivity contribution is -0.135. The van der Waals surface area contributed by atoms with Gasteiger partial charge in [-0.1, -0.05) is 18.2 Å². The fourth-order valence-electron chi connectivity index (χ4n) is 1.40. The van der Waals surface area contributed by atoms with E-state index in [0.717, 1.165) is 5.56 Å². The predicted octanol–water partition coefficient (Wildman–Crippen LogP) is 0.242. The summed E-state index contributed by atoms with van der Waals surface area (Å²) in [4.78, 5) is 10.3. The van der Waals surface area contributed by atoms with Gasteiger partial charge in [-0.25, -0.2) is 13.1 Å². The lowest BCUT2D eigenvalue weighted by atomic mass is 10.1. The number of aliphatic carboxylic acids is 1. The predicted molar refractivity (Wildman–Crippen MR) is 66.1 cm³/mol. The topological polar surface area (TPSA) is 92.7 Å². The summed E-state index contributed by atoms with van der Waals surface area (Å²) in [6.07, 6.45) is 0.263. The van der Waals surface area contributed by atoms with E-state index in [1.165, 1.54) is 7.11 Å². The van der Waals surface area contributed by atoms with Crippen LogP contribution in [-0.4, -0.2) is 38.9 Å². The Morgan fingerprint density at radius 3 is 2.67 bits per heavy atom. The molecule has 0 saturated heterocycles. The summed E-state index contributed by atoms with van der Waals surface area (Å²) in [6.45, 7) is -0.603. The standard InChI is InChI=1S/C11H15NO5S/c1-17-10-5-3-2-4-9(10)6-7-18(15,16)12-8-11(13)14/h2-5,12H,6-8H2,1H3,(H,13,14). The fourth-order valence-corrected chi connectivity index (χ4v) is 2.37. The molecule has 1 aromatic rings. The van der Waals surface area contributed by atoms with Gasteiger partial charge < -0.3 is 9.84 Å². The van der Waals surface area contributed by atoms with Crippen molar-refractivity contribution >= 4 is 16.0 Å². The molecule has 0 aromatic heterocycles. The van der Waals surface area contributed by atoms with Crippen molar-refractivity contribution in [2.24, 2.45) is 0 Å². The van der Waals surface area contributed by atoms with Crippen LogP contribution in [0.4, 0.5) is 0 Å². The SMILES string of the molecule is COc1ccccc1CCS(=O)(=O)NCC(=O)O. The number of hydrogen-bond acceptors (Lipinski definition) is 4. The first-order valence-corrected chi connectivity index (χ1v) is 6.91. The van der Waals surface area contributed by atoms with Crippen molar-refractivity contribution in [3.8, 4) is 5.75 Å². The van der Waals surface area contributed by atoms with Gasteiger partial charge in [0.05, 0.1) is 12.9 Å². The number of sulfonamides is 1. The largest absolute Gasteiger partial charge is 0.496 e. The zero-order chi connectivity index (χ0) is 13.6. The fraction of sp³-hybridized carbons (Fsp3) is 0.364. The van der Waals surface area contributed by atoms with Gasteiger partial charge in [0.2, 0.25) is 10.0 Å². The number of benzene rings is 1. The number of nitrogens with one attached hydrogen (secondary N) is 1. The van der Waals surface area contributed by atoms with Gasteiger partial charge >= 0.3 is 5.97 Å². The van der Waals surface area contributed by atoms with Crippen molar-refractivity contribution in [1.29, 1.82) is 0 Å². The zero-order valence-electron chi connectivity index (χ0n) is 9.92. The normalized spacial score (nSPS) is 11.2. The Labute approximate surface area is 106 Å². The summed E-state index contributed by atoms with van der Waals surface area (Å²) < 4.78 is 30.1. The van der Waals surface area contributed by atoms with Crippen molar-refractivity contribution in [2.45, 2.75) is 6.42 Å². The molecule has 0 atom stereocenters. The quantitative estimate of drug-likeness (QED) is 0.742. The molecule has 0 bridgehead atoms. The Morgan fingerprint density at radius 1 is 1.39 bits per heavy atom. The van der Waals surface area contributed by atoms with Crippen LogP contribution in [0.25, 0.3) is 0 Å². The molecule has 2 N–H and O–H groups in total. The molecule has 0 spiro atoms. The molecule has 1 aromatic carbocycles. The third kappa shape index (κ3) is 4.72. The van der Waals surface area contributed by atoms with Crippen LogP contribution in [0.2, 0.25) is 0 Å². The summed E-state index contributed by atoms with van der Waals surface area (Å²) in [5.41, 5.74) is 0.765. The van der Waals surface area contributed by atoms with Crippen LogP contribution in [0.1, 0.15) is 5.56 Å². The minimum Gasteiger partial charge on any atom is -0.496 e. The van der Waals surface area contributed by atoms with E-state index in [9.17, 15) is 13.2 Å². The smallest absolute Gasteiger partial charge is 0.318 e. The first kappa shape index (κ1) is 14.5. The maximum absolute atomic E-state index is 11.5. The van der Waals surface area contributed by atoms with Crippen LogP contribution >= 0.6 is 0 Å². The van der Waals surface area contributed by atoms with Crippen LogP contribution in [0.15, 0.2) is 24.3 Å². The molecule has 0 amide bonds. The minimum absolute atomic E-state index is 0.180. The number of ether oxygens (including phenoxy) is 1. The Balaban J connectivity index is 2.61. The Hall–Kier alpha value is -1.60. The van der Waals surface area contributed by atoms with Gasteiger partial charge in [-0.15, -0.1) is 0 Å². The van der Waals surface area contributed by atoms with E-state index in [1.807, 2.05) is 4.72 Å². The second-order valence-electron chi connectivity index (χ2n) is 3.60. The molecule has 1 rings (SSSR count). The Bertz CT molecular complexity index is 512. The van der Waals surface area contributed by atoms with E-state index in [4.69, 9.17) is 9.84 Å². The summed E-state index contributed by atoms with van der Waals surface area (Å²) in [7, 11) is -2.08. The van der Waals surface area contributed by atoms with E-state index in [2.05, 4.69) is 0 Å². The van der Waals surface area contributed by atoms with E-state index >= 15 is 0 Å². The Morgan fingerprint density at radius 2 is 2.06 bits per heavy atom. The van der Waals surface area contributed by atoms with Crippen molar-refractivity contribution < 1.29 is 23.1 Å². The molecule has 0 aliphatic rings. The van der Waals surface area contributed by atoms with Crippen LogP contribution in [0.5, 0.6) is 5.75 Å². The molecule has 0 aliphatic heterocycles. The summed E-state index contributed by atoms with van der Waals surface area (Å²) in [5, 5.41) is 8.40. The molecule has 0 heterocycles. The van der Waals surface area contributed by atoms with E-state index in [0.29, 0.717) is 5.75 Å². The second kappa shape index (κ2) is 6.36. The third-order valence-electron chi connectivity index (χ3n) is 2.28. The molecular weight excluding hydrogens is 258 g/mol. The third-order valence-corrected chi connectivity index (χ3v) is 3.60. The molecule has 18 heavy (non-hydrogen) atoms. The van der Waals surface area contributed by atoms with E-state index < -0.39 is 22.5 Å². The summed E-state index contributed by atoms with van der Waals surface area (Å²) in [5.74, 6) is -0.775. The van der Waals surface area contributed by atoms with Gasteiger partial charge in [0.1, 0.15) is 12.3 Å². The van der Waals surface area contributed by atoms with Crippen LogP contribution in [-0.2, 0) is 21.2 Å². The molecule has 100 valence electrons. The summed E-state index contributed by atoms with van der Waals surface area (Å²) in [6, 6.07) is 7.09. The van der Waals surface area contributed by atoms with E-state index in [-0.39, 0.29) is 12.2 Å². The monoisotopic (exact) mass is 273 g/mol. The number of carbonyl (C=O) groups is 1. The lowest BCUT2D eigenvalue weighted by Gasteiger charge is -2.08. The molecule has 0 radical (unpaired) electrons. The highest BCUT2D eigenvalue weighted by Gasteiger charge is 2.13. The van der Waals surface area contributed by atoms with E-state index in [1.54, 1.807) is 24.3 Å². The van der Waals surface area contributed by atoms with Gasteiger partial charge in [0.15, 0.2) is 0 Å². The van der Waals surface area contributed by atoms with Crippen LogP contribution in [0, 0.1) is 0 Å². The van der Waals surface area contributed by atoms with Crippen molar-refractivity contribution in [1.82, 2.24) is 4.72 Å². The average molecular weight is 273 g/mol. The molecule has 0 fully saturated rings. The first-order chi connectivity index (χ1) is 8.44. The van der Waals surface area contributed by atoms with Crippen LogP contribution < -0.4 is 9.46 Å². The summed E-state index contributed by atoms with van der Waals surface area (Å²) >= 11 is 0. The van der Waals surface area contributed by atoms with Crippen molar-refractivity contribution in [3.05, 3.63) is 29.8 Å². The molecule has 7 heteroatoms. The molecule has 0 saturated carbocycles. The molecule has 0 aliphatic carbocycles. The van der Waals surface area contributed by atoms with Gasteiger partial charge in [-0.3, -0.25) is 4.79 Å². The molecular formula is C11H15NO5S. The first-order valence-electron chi connectivity index (χ1n) is 5.25. The number of hydrogen-bond donors (Lipinski definition) is 2. The highest BCUT2D eigenvalue weighted by atomic mass is 32.2. The number of carboxylic acids is 1. The number of carboxylic acid groups (broad SMARTS) is 1. The van der Waals surface area contributed by atoms with Gasteiger partial charge in [0, 0.05) is 0 Å². The maximum atomic E-state index is 11.5. The minimum atomic E-state index is -3.59. The van der Waals surface area contributed by atoms with Gasteiger partial charge in [-0.05, 0) is 18.1 Å². The highest BCUT2D eigenvalue weighted by Crippen LogP contribution is 2.17. The second-order valence-corrected chi connectivity index (χ2v) is 5.52. The molecule has 0 unspecified atom stereocenters. The Kier molecular flexibility index (Phi) is 5.11. The maximum Gasteiger partial charge on any atom is 0.318 e. The molecule has 6 nitrogen and oxygen atoms in total. The van der Waals surface area contributed by atoms with Gasteiger partial charge in [0.25, 0.3) is 0 Å². The number of aryl methyl sites for hydroxylation is 1. The lowest BCUT2D eigenvalue weighted by Crippen LogP contribution is -2.32. The van der Waals surface area contributed by atoms with Crippen molar-refractivity contribution in [3.63, 3.8) is 0 Å². The number of rotatable bonds is 7. The number of para-hydroxylation sites is 1. The van der Waals surface area contributed by atoms with Crippen LogP contribution in [0.3, 0.4) is 0 Å². The average Bonchev–Trinajstić information content (AvgIpc) is 2.34. The number of methoxy groups -OCH3 is 1. The highest BCUT2D eigenvalue weighted by molar-refractivity contribution is 7.89. The van der Waals surface area contributed by atoms with Crippen molar-refractivity contribution in [2.75, 3.05) is 19.4 Å².